The highest BCUT2D eigenvalue weighted by molar-refractivity contribution is 5.59. The van der Waals surface area contributed by atoms with Crippen molar-refractivity contribution >= 4 is 6.16 Å². The molecular weight excluding hydrogens is 350 g/mol. The van der Waals surface area contributed by atoms with Gasteiger partial charge in [0.25, 0.3) is 6.61 Å². The van der Waals surface area contributed by atoms with Crippen LogP contribution in [0.4, 0.5) is 4.79 Å². The first-order valence-corrected chi connectivity index (χ1v) is 5.44. The highest BCUT2D eigenvalue weighted by Crippen LogP contribution is 2.32. The second-order valence-corrected chi connectivity index (χ2v) is 3.71. The molecule has 0 amide bonds. The fraction of sp³-hybridized carbons (Fsp3) is 0.833. The first kappa shape index (κ1) is 20.3. The summed E-state index contributed by atoms with van der Waals surface area (Å²) in [6.07, 6.45) is -1.82. The minimum absolute atomic E-state index is 0.395. The fourth-order valence-corrected chi connectivity index (χ4v) is 1.47. The molecule has 0 heterocycles. The van der Waals surface area contributed by atoms with Gasteiger partial charge in [-0.1, -0.05) is 0 Å². The first-order valence-electron chi connectivity index (χ1n) is 5.44. The van der Waals surface area contributed by atoms with Gasteiger partial charge in [0.15, 0.2) is 14.8 Å². The lowest BCUT2D eigenvalue weighted by molar-refractivity contribution is -1.05. The number of ether oxygens (including phenoxy) is 2. The van der Waals surface area contributed by atoms with Gasteiger partial charge in [-0.2, -0.15) is 0 Å². The third kappa shape index (κ3) is 2.78. The Bertz CT molecular complexity index is 550. The van der Waals surface area contributed by atoms with Gasteiger partial charge in [0.1, 0.15) is 9.85 Å². The number of hydrogen-bond donors (Lipinski definition) is 0. The third-order valence-corrected chi connectivity index (χ3v) is 2.56. The van der Waals surface area contributed by atoms with Crippen molar-refractivity contribution in [3.8, 4) is 0 Å². The van der Waals surface area contributed by atoms with E-state index in [2.05, 4.69) is 9.47 Å². The molecule has 0 fully saturated rings. The number of carbonyl (C=O) groups is 1. The summed E-state index contributed by atoms with van der Waals surface area (Å²) in [5.74, 6) is -5.17. The zero-order valence-corrected chi connectivity index (χ0v) is 11.5. The van der Waals surface area contributed by atoms with Crippen molar-refractivity contribution in [3.05, 3.63) is 50.6 Å². The Morgan fingerprint density at radius 2 is 1.17 bits per heavy atom. The average Bonchev–Trinajstić information content (AvgIpc) is 2.41. The van der Waals surface area contributed by atoms with E-state index in [1.165, 1.54) is 6.92 Å². The summed E-state index contributed by atoms with van der Waals surface area (Å²) < 4.78 is 7.94. The molecule has 0 spiro atoms. The van der Waals surface area contributed by atoms with Gasteiger partial charge in [0.05, 0.1) is 6.61 Å². The molecule has 0 bridgehead atoms. The van der Waals surface area contributed by atoms with Crippen LogP contribution in [-0.2, 0) is 9.47 Å². The predicted molar refractivity (Wildman–Crippen MR) is 63.4 cm³/mol. The van der Waals surface area contributed by atoms with Crippen LogP contribution in [-0.4, -0.2) is 55.4 Å². The van der Waals surface area contributed by atoms with Crippen molar-refractivity contribution in [2.45, 2.75) is 18.4 Å². The highest BCUT2D eigenvalue weighted by atomic mass is 16.8. The highest BCUT2D eigenvalue weighted by Gasteiger charge is 3.03. The lowest BCUT2D eigenvalue weighted by atomic mass is 10.0. The van der Waals surface area contributed by atoms with Crippen molar-refractivity contribution in [1.82, 2.24) is 0 Å². The third-order valence-electron chi connectivity index (χ3n) is 2.56. The van der Waals surface area contributed by atoms with E-state index < -0.39 is 55.4 Å². The maximum absolute atomic E-state index is 11.0. The van der Waals surface area contributed by atoms with Gasteiger partial charge in [-0.3, -0.25) is 50.6 Å². The van der Waals surface area contributed by atoms with Crippen LogP contribution in [0.1, 0.15) is 6.92 Å². The molecule has 18 heteroatoms. The van der Waals surface area contributed by atoms with Gasteiger partial charge in [-0.15, -0.1) is 0 Å². The van der Waals surface area contributed by atoms with Crippen LogP contribution in [0.15, 0.2) is 0 Å². The van der Waals surface area contributed by atoms with Gasteiger partial charge in [0.2, 0.25) is 0 Å². The van der Waals surface area contributed by atoms with Crippen molar-refractivity contribution in [1.29, 1.82) is 0 Å². The topological polar surface area (TPSA) is 251 Å². The molecule has 0 rings (SSSR count). The molecule has 0 saturated heterocycles. The normalized spacial score (nSPS) is 11.2. The molecule has 18 nitrogen and oxygen atoms in total. The van der Waals surface area contributed by atoms with Crippen LogP contribution in [0.25, 0.3) is 0 Å². The lowest BCUT2D eigenvalue weighted by Gasteiger charge is -2.17. The van der Waals surface area contributed by atoms with E-state index in [9.17, 15) is 55.4 Å². The Morgan fingerprint density at radius 3 is 1.42 bits per heavy atom. The maximum Gasteiger partial charge on any atom is 0.844 e. The van der Waals surface area contributed by atoms with Crippen LogP contribution in [0.3, 0.4) is 0 Å². The number of rotatable bonds is 9. The summed E-state index contributed by atoms with van der Waals surface area (Å²) in [6.45, 7) is -1.49. The molecule has 0 aromatic rings. The summed E-state index contributed by atoms with van der Waals surface area (Å²) in [5, 5.41) is 54.6. The molecule has 0 unspecified atom stereocenters. The van der Waals surface area contributed by atoms with Gasteiger partial charge < -0.3 is 9.47 Å². The van der Waals surface area contributed by atoms with Gasteiger partial charge >= 0.3 is 17.6 Å². The van der Waals surface area contributed by atoms with Gasteiger partial charge in [-0.05, 0) is 6.92 Å². The smallest absolute Gasteiger partial charge is 0.435 e. The minimum Gasteiger partial charge on any atom is -0.435 e. The Balaban J connectivity index is 6.56. The second-order valence-electron chi connectivity index (χ2n) is 3.71. The first-order chi connectivity index (χ1) is 10.9. The second kappa shape index (κ2) is 7.02. The van der Waals surface area contributed by atoms with E-state index in [0.717, 1.165) is 0 Å². The molecular formula is C6H7N5O13. The van der Waals surface area contributed by atoms with Crippen LogP contribution < -0.4 is 0 Å². The summed E-state index contributed by atoms with van der Waals surface area (Å²) in [6, 6.07) is 0. The Hall–Kier alpha value is -3.73. The standard InChI is InChI=1S/C6H7N5O13/c1-2-23-4(12)24-3-5(7(13)14,8(15)16)6(9(17)18,10(19)20)11(21)22/h2-3H2,1H3. The molecule has 134 valence electrons. The van der Waals surface area contributed by atoms with Crippen molar-refractivity contribution in [2.24, 2.45) is 0 Å². The van der Waals surface area contributed by atoms with E-state index in [4.69, 9.17) is 0 Å². The van der Waals surface area contributed by atoms with Gasteiger partial charge in [-0.25, -0.2) is 4.79 Å². The van der Waals surface area contributed by atoms with E-state index in [0.29, 0.717) is 0 Å². The molecule has 0 N–H and O–H groups in total. The Labute approximate surface area is 128 Å². The average molecular weight is 357 g/mol. The molecule has 0 aliphatic carbocycles. The van der Waals surface area contributed by atoms with E-state index in [1.54, 1.807) is 0 Å². The van der Waals surface area contributed by atoms with E-state index in [1.807, 2.05) is 0 Å². The quantitative estimate of drug-likeness (QED) is 0.205. The van der Waals surface area contributed by atoms with Crippen molar-refractivity contribution in [3.63, 3.8) is 0 Å². The largest absolute Gasteiger partial charge is 0.844 e. The van der Waals surface area contributed by atoms with Crippen LogP contribution >= 0.6 is 0 Å². The molecule has 0 aromatic carbocycles. The summed E-state index contributed by atoms with van der Waals surface area (Å²) in [7, 11) is 0. The summed E-state index contributed by atoms with van der Waals surface area (Å²) >= 11 is 0. The number of nitro groups is 5. The van der Waals surface area contributed by atoms with E-state index in [-0.39, 0.29) is 0 Å². The molecule has 0 aliphatic rings. The molecule has 24 heavy (non-hydrogen) atoms. The SMILES string of the molecule is CCOC(=O)OCC([N+](=O)[O-])([N+](=O)[O-])C([N+](=O)[O-])([N+](=O)[O-])[N+](=O)[O-]. The van der Waals surface area contributed by atoms with Crippen LogP contribution in [0.2, 0.25) is 0 Å². The number of carbonyl (C=O) groups excluding carboxylic acids is 1. The zero-order valence-electron chi connectivity index (χ0n) is 11.5. The van der Waals surface area contributed by atoms with Crippen molar-refractivity contribution < 1.29 is 38.9 Å². The number of nitrogens with zero attached hydrogens (tertiary/aromatic N) is 5. The predicted octanol–water partition coefficient (Wildman–Crippen LogP) is -1.11. The van der Waals surface area contributed by atoms with E-state index >= 15 is 0 Å². The molecule has 0 atom stereocenters. The zero-order chi connectivity index (χ0) is 19.3. The van der Waals surface area contributed by atoms with Crippen LogP contribution in [0, 0.1) is 50.6 Å². The van der Waals surface area contributed by atoms with Gasteiger partial charge in [0, 0.05) is 0 Å². The monoisotopic (exact) mass is 357 g/mol. The number of hydrogen-bond acceptors (Lipinski definition) is 13. The van der Waals surface area contributed by atoms with Crippen LogP contribution in [0.5, 0.6) is 0 Å². The molecule has 0 aromatic heterocycles. The summed E-state index contributed by atoms with van der Waals surface area (Å²) in [5.41, 5.74) is -4.77. The Morgan fingerprint density at radius 1 is 0.792 bits per heavy atom. The fourth-order valence-electron chi connectivity index (χ4n) is 1.47. The minimum atomic E-state index is -5.17. The summed E-state index contributed by atoms with van der Waals surface area (Å²) in [4.78, 5) is 53.8. The molecule has 0 aliphatic heterocycles. The molecule has 0 saturated carbocycles. The lowest BCUT2D eigenvalue weighted by Crippen LogP contribution is -2.76. The Kier molecular flexibility index (Phi) is 5.93. The maximum atomic E-state index is 11.0. The molecule has 0 radical (unpaired) electrons. The van der Waals surface area contributed by atoms with Crippen molar-refractivity contribution in [2.75, 3.05) is 13.2 Å².